The van der Waals surface area contributed by atoms with Crippen molar-refractivity contribution in [3.63, 3.8) is 0 Å². The standard InChI is InChI=1S/C13H16ClN3O2/c1-13(2)12(19)16(3)6-7-17(13)11(18)9-4-5-15-8-10(9)14/h4-5,8H,6-7H2,1-3H3. The van der Waals surface area contributed by atoms with Gasteiger partial charge in [0.2, 0.25) is 5.91 Å². The van der Waals surface area contributed by atoms with Gasteiger partial charge in [-0.25, -0.2) is 0 Å². The molecule has 0 atom stereocenters. The molecule has 1 saturated heterocycles. The van der Waals surface area contributed by atoms with E-state index in [1.54, 1.807) is 36.8 Å². The molecule has 0 aromatic carbocycles. The molecule has 19 heavy (non-hydrogen) atoms. The largest absolute Gasteiger partial charge is 0.342 e. The highest BCUT2D eigenvalue weighted by atomic mass is 35.5. The maximum absolute atomic E-state index is 12.5. The van der Waals surface area contributed by atoms with Crippen LogP contribution in [0.3, 0.4) is 0 Å². The van der Waals surface area contributed by atoms with Crippen molar-refractivity contribution in [2.45, 2.75) is 19.4 Å². The van der Waals surface area contributed by atoms with Gasteiger partial charge in [-0.1, -0.05) is 11.6 Å². The lowest BCUT2D eigenvalue weighted by Gasteiger charge is -2.44. The molecule has 102 valence electrons. The Kier molecular flexibility index (Phi) is 3.49. The average Bonchev–Trinajstić information content (AvgIpc) is 2.36. The van der Waals surface area contributed by atoms with Gasteiger partial charge < -0.3 is 9.80 Å². The van der Waals surface area contributed by atoms with E-state index >= 15 is 0 Å². The summed E-state index contributed by atoms with van der Waals surface area (Å²) in [5.41, 5.74) is -0.487. The van der Waals surface area contributed by atoms with Crippen molar-refractivity contribution in [2.75, 3.05) is 20.1 Å². The first-order valence-electron chi connectivity index (χ1n) is 6.02. The molecule has 1 aliphatic rings. The van der Waals surface area contributed by atoms with Crippen LogP contribution in [-0.4, -0.2) is 52.3 Å². The Balaban J connectivity index is 2.34. The topological polar surface area (TPSA) is 53.5 Å². The molecule has 2 heterocycles. The van der Waals surface area contributed by atoms with Crippen molar-refractivity contribution in [1.82, 2.24) is 14.8 Å². The molecule has 0 spiro atoms. The van der Waals surface area contributed by atoms with Crippen LogP contribution in [0, 0.1) is 0 Å². The summed E-state index contributed by atoms with van der Waals surface area (Å²) in [5.74, 6) is -0.309. The Morgan fingerprint density at radius 3 is 2.74 bits per heavy atom. The zero-order valence-electron chi connectivity index (χ0n) is 11.2. The molecule has 6 heteroatoms. The van der Waals surface area contributed by atoms with Crippen molar-refractivity contribution in [3.8, 4) is 0 Å². The van der Waals surface area contributed by atoms with Crippen molar-refractivity contribution in [1.29, 1.82) is 0 Å². The fraction of sp³-hybridized carbons (Fsp3) is 0.462. The fourth-order valence-electron chi connectivity index (χ4n) is 2.26. The van der Waals surface area contributed by atoms with E-state index in [-0.39, 0.29) is 11.8 Å². The van der Waals surface area contributed by atoms with E-state index < -0.39 is 5.54 Å². The number of piperazine rings is 1. The summed E-state index contributed by atoms with van der Waals surface area (Å²) in [5, 5.41) is 0.301. The van der Waals surface area contributed by atoms with Gasteiger partial charge in [0.15, 0.2) is 0 Å². The van der Waals surface area contributed by atoms with Gasteiger partial charge in [-0.3, -0.25) is 14.6 Å². The normalized spacial score (nSPS) is 18.6. The number of halogens is 1. The van der Waals surface area contributed by atoms with Gasteiger partial charge in [0.05, 0.1) is 10.6 Å². The van der Waals surface area contributed by atoms with Crippen molar-refractivity contribution in [2.24, 2.45) is 0 Å². The van der Waals surface area contributed by atoms with Crippen LogP contribution in [0.25, 0.3) is 0 Å². The Labute approximate surface area is 117 Å². The molecule has 1 aromatic heterocycles. The third-order valence-corrected chi connectivity index (χ3v) is 3.75. The molecule has 1 fully saturated rings. The molecular formula is C13H16ClN3O2. The second-order valence-corrected chi connectivity index (χ2v) is 5.51. The van der Waals surface area contributed by atoms with Gasteiger partial charge in [0.25, 0.3) is 5.91 Å². The van der Waals surface area contributed by atoms with Gasteiger partial charge in [-0.15, -0.1) is 0 Å². The minimum Gasteiger partial charge on any atom is -0.342 e. The molecule has 0 saturated carbocycles. The lowest BCUT2D eigenvalue weighted by Crippen LogP contribution is -2.63. The smallest absolute Gasteiger partial charge is 0.256 e. The van der Waals surface area contributed by atoms with Crippen molar-refractivity contribution >= 4 is 23.4 Å². The number of hydrogen-bond donors (Lipinski definition) is 0. The summed E-state index contributed by atoms with van der Waals surface area (Å²) < 4.78 is 0. The van der Waals surface area contributed by atoms with E-state index in [9.17, 15) is 9.59 Å². The summed E-state index contributed by atoms with van der Waals surface area (Å²) in [6.45, 7) is 4.51. The summed E-state index contributed by atoms with van der Waals surface area (Å²) in [6, 6.07) is 1.57. The third kappa shape index (κ3) is 2.30. The van der Waals surface area contributed by atoms with Gasteiger partial charge in [-0.05, 0) is 19.9 Å². The highest BCUT2D eigenvalue weighted by Crippen LogP contribution is 2.25. The lowest BCUT2D eigenvalue weighted by molar-refractivity contribution is -0.144. The van der Waals surface area contributed by atoms with Gasteiger partial charge in [-0.2, -0.15) is 0 Å². The first kappa shape index (κ1) is 13.8. The van der Waals surface area contributed by atoms with Crippen LogP contribution >= 0.6 is 11.6 Å². The average molecular weight is 282 g/mol. The van der Waals surface area contributed by atoms with Crippen LogP contribution < -0.4 is 0 Å². The summed E-state index contributed by atoms with van der Waals surface area (Å²) >= 11 is 5.99. The molecule has 0 N–H and O–H groups in total. The summed E-state index contributed by atoms with van der Waals surface area (Å²) in [6.07, 6.45) is 2.95. The first-order chi connectivity index (χ1) is 8.85. The first-order valence-corrected chi connectivity index (χ1v) is 6.40. The number of nitrogens with zero attached hydrogens (tertiary/aromatic N) is 3. The van der Waals surface area contributed by atoms with Crippen LogP contribution in [0.1, 0.15) is 24.2 Å². The molecule has 2 amide bonds. The molecule has 0 radical (unpaired) electrons. The highest BCUT2D eigenvalue weighted by Gasteiger charge is 2.43. The number of hydrogen-bond acceptors (Lipinski definition) is 3. The number of pyridine rings is 1. The lowest BCUT2D eigenvalue weighted by atomic mass is 9.96. The minimum atomic E-state index is -0.864. The molecule has 0 aliphatic carbocycles. The summed E-state index contributed by atoms with van der Waals surface area (Å²) in [7, 11) is 1.74. The van der Waals surface area contributed by atoms with Gasteiger partial charge >= 0.3 is 0 Å². The Morgan fingerprint density at radius 1 is 1.42 bits per heavy atom. The van der Waals surface area contributed by atoms with E-state index in [4.69, 9.17) is 11.6 Å². The third-order valence-electron chi connectivity index (χ3n) is 3.45. The monoisotopic (exact) mass is 281 g/mol. The second-order valence-electron chi connectivity index (χ2n) is 5.10. The predicted octanol–water partition coefficient (Wildman–Crippen LogP) is 1.43. The van der Waals surface area contributed by atoms with Crippen molar-refractivity contribution < 1.29 is 9.59 Å². The van der Waals surface area contributed by atoms with Crippen LogP contribution in [0.15, 0.2) is 18.5 Å². The van der Waals surface area contributed by atoms with Crippen LogP contribution in [0.4, 0.5) is 0 Å². The molecule has 0 unspecified atom stereocenters. The maximum Gasteiger partial charge on any atom is 0.256 e. The van der Waals surface area contributed by atoms with E-state index in [1.807, 2.05) is 0 Å². The molecule has 1 aliphatic heterocycles. The quantitative estimate of drug-likeness (QED) is 0.782. The highest BCUT2D eigenvalue weighted by molar-refractivity contribution is 6.33. The predicted molar refractivity (Wildman–Crippen MR) is 72.0 cm³/mol. The van der Waals surface area contributed by atoms with E-state index in [0.717, 1.165) is 0 Å². The molecule has 0 bridgehead atoms. The van der Waals surface area contributed by atoms with Crippen LogP contribution in [0.5, 0.6) is 0 Å². The SMILES string of the molecule is CN1CCN(C(=O)c2ccncc2Cl)C(C)(C)C1=O. The molecule has 5 nitrogen and oxygen atoms in total. The Morgan fingerprint density at radius 2 is 2.11 bits per heavy atom. The summed E-state index contributed by atoms with van der Waals surface area (Å²) in [4.78, 5) is 31.8. The number of carbonyl (C=O) groups is 2. The fourth-order valence-corrected chi connectivity index (χ4v) is 2.46. The van der Waals surface area contributed by atoms with Gasteiger partial charge in [0, 0.05) is 32.5 Å². The number of carbonyl (C=O) groups excluding carboxylic acids is 2. The number of aromatic nitrogens is 1. The number of likely N-dealkylation sites (N-methyl/N-ethyl adjacent to an activating group) is 1. The van der Waals surface area contributed by atoms with Crippen LogP contribution in [-0.2, 0) is 4.79 Å². The van der Waals surface area contributed by atoms with E-state index in [1.165, 1.54) is 12.4 Å². The molecular weight excluding hydrogens is 266 g/mol. The van der Waals surface area contributed by atoms with Gasteiger partial charge in [0.1, 0.15) is 5.54 Å². The van der Waals surface area contributed by atoms with Crippen LogP contribution in [0.2, 0.25) is 5.02 Å². The number of amides is 2. The Bertz CT molecular complexity index is 530. The second kappa shape index (κ2) is 4.81. The minimum absolute atomic E-state index is 0.0720. The zero-order valence-corrected chi connectivity index (χ0v) is 11.9. The number of rotatable bonds is 1. The van der Waals surface area contributed by atoms with E-state index in [2.05, 4.69) is 4.98 Å². The molecule has 2 rings (SSSR count). The Hall–Kier alpha value is -1.62. The maximum atomic E-state index is 12.5. The zero-order chi connectivity index (χ0) is 14.2. The van der Waals surface area contributed by atoms with Crippen molar-refractivity contribution in [3.05, 3.63) is 29.0 Å². The molecule has 1 aromatic rings. The van der Waals surface area contributed by atoms with E-state index in [0.29, 0.717) is 23.7 Å².